The molecule has 0 radical (unpaired) electrons. The number of cyclic esters (lactones) is 1. The first-order chi connectivity index (χ1) is 15.0. The summed E-state index contributed by atoms with van der Waals surface area (Å²) in [6.45, 7) is 6.18. The standard InChI is InChI=1S/C23H26N6O2/c1-4-20-14-31-23(30)29(20)22-26-16(3)25-21(28-22)24-15(2)17-10-12-19(13-11-17)27-18-8-6-5-7-9-18/h5-13,15,20,27H,4,14H2,1-3H3,(H,24,25,26,28)/t15-,20?/m1/s1. The highest BCUT2D eigenvalue weighted by Gasteiger charge is 2.35. The van der Waals surface area contributed by atoms with E-state index in [9.17, 15) is 4.79 Å². The van der Waals surface area contributed by atoms with Crippen LogP contribution in [0.2, 0.25) is 0 Å². The summed E-state index contributed by atoms with van der Waals surface area (Å²) in [5.41, 5.74) is 3.14. The van der Waals surface area contributed by atoms with Crippen LogP contribution in [0, 0.1) is 6.92 Å². The van der Waals surface area contributed by atoms with Crippen LogP contribution in [0.5, 0.6) is 0 Å². The number of benzene rings is 2. The third kappa shape index (κ3) is 4.74. The predicted octanol–water partition coefficient (Wildman–Crippen LogP) is 4.83. The first kappa shape index (κ1) is 20.6. The van der Waals surface area contributed by atoms with E-state index in [4.69, 9.17) is 4.74 Å². The van der Waals surface area contributed by atoms with Crippen LogP contribution in [0.15, 0.2) is 54.6 Å². The highest BCUT2D eigenvalue weighted by atomic mass is 16.6. The summed E-state index contributed by atoms with van der Waals surface area (Å²) in [4.78, 5) is 26.9. The van der Waals surface area contributed by atoms with Crippen molar-refractivity contribution in [1.29, 1.82) is 0 Å². The molecule has 3 aromatic rings. The Kier molecular flexibility index (Phi) is 5.97. The molecule has 1 saturated heterocycles. The maximum absolute atomic E-state index is 12.2. The number of carbonyl (C=O) groups excluding carboxylic acids is 1. The average molecular weight is 419 g/mol. The Morgan fingerprint density at radius 2 is 1.77 bits per heavy atom. The lowest BCUT2D eigenvalue weighted by Crippen LogP contribution is -2.34. The molecule has 31 heavy (non-hydrogen) atoms. The topological polar surface area (TPSA) is 92.3 Å². The lowest BCUT2D eigenvalue weighted by Gasteiger charge is -2.20. The molecule has 2 heterocycles. The van der Waals surface area contributed by atoms with Crippen LogP contribution in [-0.4, -0.2) is 33.7 Å². The summed E-state index contributed by atoms with van der Waals surface area (Å²) in [6.07, 6.45) is 0.344. The van der Waals surface area contributed by atoms with Crippen LogP contribution >= 0.6 is 0 Å². The minimum atomic E-state index is -0.419. The number of anilines is 4. The summed E-state index contributed by atoms with van der Waals surface area (Å²) in [5, 5.41) is 6.70. The predicted molar refractivity (Wildman–Crippen MR) is 121 cm³/mol. The normalized spacial score (nSPS) is 16.7. The zero-order chi connectivity index (χ0) is 21.8. The first-order valence-electron chi connectivity index (χ1n) is 10.4. The smallest absolute Gasteiger partial charge is 0.417 e. The zero-order valence-corrected chi connectivity index (χ0v) is 17.9. The van der Waals surface area contributed by atoms with E-state index in [2.05, 4.69) is 37.7 Å². The van der Waals surface area contributed by atoms with Crippen molar-refractivity contribution in [2.24, 2.45) is 0 Å². The summed E-state index contributed by atoms with van der Waals surface area (Å²) >= 11 is 0. The van der Waals surface area contributed by atoms with E-state index in [1.807, 2.05) is 56.3 Å². The van der Waals surface area contributed by atoms with E-state index in [1.54, 1.807) is 6.92 Å². The van der Waals surface area contributed by atoms with E-state index < -0.39 is 6.09 Å². The summed E-state index contributed by atoms with van der Waals surface area (Å²) < 4.78 is 5.17. The number of aromatic nitrogens is 3. The molecule has 1 aliphatic rings. The van der Waals surface area contributed by atoms with Crippen LogP contribution in [0.1, 0.15) is 37.7 Å². The van der Waals surface area contributed by atoms with Gasteiger partial charge in [-0.2, -0.15) is 15.0 Å². The Balaban J connectivity index is 1.47. The van der Waals surface area contributed by atoms with E-state index in [0.29, 0.717) is 24.3 Å². The van der Waals surface area contributed by atoms with E-state index in [1.165, 1.54) is 4.90 Å². The van der Waals surface area contributed by atoms with Gasteiger partial charge in [-0.1, -0.05) is 37.3 Å². The molecule has 0 bridgehead atoms. The number of nitrogens with zero attached hydrogens (tertiary/aromatic N) is 4. The van der Waals surface area contributed by atoms with Crippen molar-refractivity contribution < 1.29 is 9.53 Å². The van der Waals surface area contributed by atoms with Gasteiger partial charge in [0.25, 0.3) is 0 Å². The number of para-hydroxylation sites is 1. The fraction of sp³-hybridized carbons (Fsp3) is 0.304. The van der Waals surface area contributed by atoms with Gasteiger partial charge in [0.05, 0.1) is 12.1 Å². The average Bonchev–Trinajstić information content (AvgIpc) is 3.15. The largest absolute Gasteiger partial charge is 0.447 e. The number of amides is 1. The van der Waals surface area contributed by atoms with Crippen molar-refractivity contribution >= 4 is 29.4 Å². The molecule has 2 N–H and O–H groups in total. The number of hydrogen-bond donors (Lipinski definition) is 2. The van der Waals surface area contributed by atoms with Crippen LogP contribution < -0.4 is 15.5 Å². The molecule has 1 aliphatic heterocycles. The van der Waals surface area contributed by atoms with Crippen molar-refractivity contribution in [1.82, 2.24) is 15.0 Å². The van der Waals surface area contributed by atoms with Crippen molar-refractivity contribution in [2.45, 2.75) is 39.3 Å². The lowest BCUT2D eigenvalue weighted by molar-refractivity contribution is 0.178. The molecule has 2 aromatic carbocycles. The number of rotatable bonds is 7. The second-order valence-electron chi connectivity index (χ2n) is 7.49. The fourth-order valence-electron chi connectivity index (χ4n) is 3.47. The third-order valence-corrected chi connectivity index (χ3v) is 5.20. The molecule has 8 nitrogen and oxygen atoms in total. The van der Waals surface area contributed by atoms with Crippen LogP contribution in [0.3, 0.4) is 0 Å². The van der Waals surface area contributed by atoms with Crippen molar-refractivity contribution in [3.8, 4) is 0 Å². The molecule has 1 fully saturated rings. The minimum absolute atomic E-state index is 0.0343. The molecule has 1 aromatic heterocycles. The van der Waals surface area contributed by atoms with E-state index in [0.717, 1.165) is 23.4 Å². The Hall–Kier alpha value is -3.68. The fourth-order valence-corrected chi connectivity index (χ4v) is 3.47. The van der Waals surface area contributed by atoms with Crippen LogP contribution in [-0.2, 0) is 4.74 Å². The Labute approximate surface area is 181 Å². The number of aryl methyl sites for hydroxylation is 1. The second kappa shape index (κ2) is 8.99. The maximum Gasteiger partial charge on any atom is 0.417 e. The van der Waals surface area contributed by atoms with E-state index in [-0.39, 0.29) is 12.1 Å². The third-order valence-electron chi connectivity index (χ3n) is 5.20. The number of ether oxygens (including phenoxy) is 1. The molecule has 8 heteroatoms. The number of carbonyl (C=O) groups is 1. The molecule has 2 atom stereocenters. The molecule has 0 saturated carbocycles. The SMILES string of the molecule is CCC1COC(=O)N1c1nc(C)nc(N[C@H](C)c2ccc(Nc3ccccc3)cc2)n1. The summed E-state index contributed by atoms with van der Waals surface area (Å²) in [7, 11) is 0. The Bertz CT molecular complexity index is 1040. The molecule has 1 unspecified atom stereocenters. The van der Waals surface area contributed by atoms with Gasteiger partial charge in [-0.3, -0.25) is 0 Å². The van der Waals surface area contributed by atoms with Gasteiger partial charge in [0.2, 0.25) is 11.9 Å². The molecular weight excluding hydrogens is 392 g/mol. The van der Waals surface area contributed by atoms with Gasteiger partial charge in [0.1, 0.15) is 12.4 Å². The Morgan fingerprint density at radius 3 is 2.48 bits per heavy atom. The number of nitrogens with one attached hydrogen (secondary N) is 2. The quantitative estimate of drug-likeness (QED) is 0.567. The molecule has 0 spiro atoms. The highest BCUT2D eigenvalue weighted by molar-refractivity contribution is 5.88. The first-order valence-corrected chi connectivity index (χ1v) is 10.4. The van der Waals surface area contributed by atoms with Gasteiger partial charge < -0.3 is 15.4 Å². The van der Waals surface area contributed by atoms with Crippen LogP contribution in [0.4, 0.5) is 28.1 Å². The lowest BCUT2D eigenvalue weighted by atomic mass is 10.1. The molecule has 1 amide bonds. The van der Waals surface area contributed by atoms with Crippen molar-refractivity contribution in [3.05, 3.63) is 66.0 Å². The molecule has 4 rings (SSSR count). The Morgan fingerprint density at radius 1 is 1.06 bits per heavy atom. The zero-order valence-electron chi connectivity index (χ0n) is 17.9. The van der Waals surface area contributed by atoms with Crippen molar-refractivity contribution in [2.75, 3.05) is 22.1 Å². The second-order valence-corrected chi connectivity index (χ2v) is 7.49. The number of hydrogen-bond acceptors (Lipinski definition) is 7. The highest BCUT2D eigenvalue weighted by Crippen LogP contribution is 2.25. The molecule has 160 valence electrons. The molecule has 0 aliphatic carbocycles. The summed E-state index contributed by atoms with van der Waals surface area (Å²) in [5.74, 6) is 1.28. The molecular formula is C23H26N6O2. The van der Waals surface area contributed by atoms with Gasteiger partial charge in [0.15, 0.2) is 0 Å². The van der Waals surface area contributed by atoms with Gasteiger partial charge >= 0.3 is 6.09 Å². The monoisotopic (exact) mass is 418 g/mol. The van der Waals surface area contributed by atoms with Gasteiger partial charge in [0, 0.05) is 11.4 Å². The van der Waals surface area contributed by atoms with Crippen molar-refractivity contribution in [3.63, 3.8) is 0 Å². The minimum Gasteiger partial charge on any atom is -0.447 e. The van der Waals surface area contributed by atoms with Gasteiger partial charge in [-0.25, -0.2) is 9.69 Å². The summed E-state index contributed by atoms with van der Waals surface area (Å²) in [6, 6.07) is 18.1. The maximum atomic E-state index is 12.2. The van der Waals surface area contributed by atoms with Crippen LogP contribution in [0.25, 0.3) is 0 Å². The van der Waals surface area contributed by atoms with Gasteiger partial charge in [-0.15, -0.1) is 0 Å². The van der Waals surface area contributed by atoms with Gasteiger partial charge in [-0.05, 0) is 50.1 Å². The van der Waals surface area contributed by atoms with E-state index >= 15 is 0 Å².